The molecule has 0 spiro atoms. The average Bonchev–Trinajstić information content (AvgIpc) is 2.38. The van der Waals surface area contributed by atoms with Crippen LogP contribution in [0.2, 0.25) is 0 Å². The fourth-order valence-electron chi connectivity index (χ4n) is 2.02. The van der Waals surface area contributed by atoms with Crippen molar-refractivity contribution in [1.29, 1.82) is 0 Å². The van der Waals surface area contributed by atoms with Crippen molar-refractivity contribution in [2.75, 3.05) is 0 Å². The first-order valence-corrected chi connectivity index (χ1v) is 7.00. The van der Waals surface area contributed by atoms with E-state index < -0.39 is 5.97 Å². The molecule has 20 heavy (non-hydrogen) atoms. The minimum atomic E-state index is -0.763. The standard InChI is InChI=1S/C16H23NO3/c1-11-6-4-9-14(10-11)15(18)17-13(3)8-5-7-12(2)16(19)20/h4,6,9-10,12-13H,5,7-8H2,1-3H3,(H,17,18)(H,19,20). The molecule has 0 aliphatic heterocycles. The van der Waals surface area contributed by atoms with Gasteiger partial charge in [0.2, 0.25) is 0 Å². The second kappa shape index (κ2) is 7.68. The average molecular weight is 277 g/mol. The predicted molar refractivity (Wildman–Crippen MR) is 78.8 cm³/mol. The van der Waals surface area contributed by atoms with Gasteiger partial charge in [-0.25, -0.2) is 0 Å². The van der Waals surface area contributed by atoms with Gasteiger partial charge in [0, 0.05) is 11.6 Å². The highest BCUT2D eigenvalue weighted by Gasteiger charge is 2.13. The summed E-state index contributed by atoms with van der Waals surface area (Å²) in [6.07, 6.45) is 2.22. The first kappa shape index (κ1) is 16.2. The van der Waals surface area contributed by atoms with E-state index in [1.165, 1.54) is 0 Å². The molecule has 2 unspecified atom stereocenters. The monoisotopic (exact) mass is 277 g/mol. The van der Waals surface area contributed by atoms with Gasteiger partial charge < -0.3 is 10.4 Å². The first-order chi connectivity index (χ1) is 9.40. The van der Waals surface area contributed by atoms with Crippen LogP contribution in [0.5, 0.6) is 0 Å². The Labute approximate surface area is 120 Å². The number of amides is 1. The van der Waals surface area contributed by atoms with Crippen LogP contribution in [0.1, 0.15) is 49.0 Å². The number of aliphatic carboxylic acids is 1. The minimum absolute atomic E-state index is 0.0454. The number of carbonyl (C=O) groups excluding carboxylic acids is 1. The third-order valence-corrected chi connectivity index (χ3v) is 3.35. The van der Waals surface area contributed by atoms with Crippen LogP contribution < -0.4 is 5.32 Å². The Morgan fingerprint density at radius 1 is 1.25 bits per heavy atom. The minimum Gasteiger partial charge on any atom is -0.481 e. The van der Waals surface area contributed by atoms with Crippen LogP contribution in [-0.4, -0.2) is 23.0 Å². The van der Waals surface area contributed by atoms with Gasteiger partial charge in [-0.05, 0) is 38.8 Å². The highest BCUT2D eigenvalue weighted by atomic mass is 16.4. The molecule has 2 atom stereocenters. The zero-order valence-electron chi connectivity index (χ0n) is 12.3. The fourth-order valence-corrected chi connectivity index (χ4v) is 2.02. The number of carboxylic acid groups (broad SMARTS) is 1. The molecule has 0 aliphatic rings. The van der Waals surface area contributed by atoms with E-state index in [0.29, 0.717) is 12.0 Å². The smallest absolute Gasteiger partial charge is 0.306 e. The van der Waals surface area contributed by atoms with E-state index in [9.17, 15) is 9.59 Å². The second-order valence-corrected chi connectivity index (χ2v) is 5.41. The van der Waals surface area contributed by atoms with Crippen LogP contribution >= 0.6 is 0 Å². The molecule has 110 valence electrons. The van der Waals surface area contributed by atoms with E-state index in [4.69, 9.17) is 5.11 Å². The quantitative estimate of drug-likeness (QED) is 0.805. The first-order valence-electron chi connectivity index (χ1n) is 7.00. The number of benzene rings is 1. The summed E-state index contributed by atoms with van der Waals surface area (Å²) >= 11 is 0. The van der Waals surface area contributed by atoms with Gasteiger partial charge in [-0.15, -0.1) is 0 Å². The van der Waals surface area contributed by atoms with Crippen molar-refractivity contribution in [1.82, 2.24) is 5.32 Å². The van der Waals surface area contributed by atoms with E-state index >= 15 is 0 Å². The molecular formula is C16H23NO3. The van der Waals surface area contributed by atoms with Gasteiger partial charge in [0.05, 0.1) is 5.92 Å². The zero-order valence-corrected chi connectivity index (χ0v) is 12.3. The predicted octanol–water partition coefficient (Wildman–Crippen LogP) is 3.00. The molecule has 0 saturated heterocycles. The molecule has 4 heteroatoms. The van der Waals surface area contributed by atoms with Crippen LogP contribution in [0.4, 0.5) is 0 Å². The van der Waals surface area contributed by atoms with Gasteiger partial charge in [0.25, 0.3) is 5.91 Å². The van der Waals surface area contributed by atoms with Crippen LogP contribution in [0.15, 0.2) is 24.3 Å². The van der Waals surface area contributed by atoms with E-state index in [0.717, 1.165) is 18.4 Å². The summed E-state index contributed by atoms with van der Waals surface area (Å²) in [5, 5.41) is 11.7. The summed E-state index contributed by atoms with van der Waals surface area (Å²) in [5.74, 6) is -1.16. The van der Waals surface area contributed by atoms with Crippen LogP contribution in [0.25, 0.3) is 0 Å². The van der Waals surface area contributed by atoms with E-state index in [1.807, 2.05) is 32.0 Å². The lowest BCUT2D eigenvalue weighted by Gasteiger charge is -2.14. The van der Waals surface area contributed by atoms with E-state index in [-0.39, 0.29) is 17.9 Å². The molecule has 0 aliphatic carbocycles. The van der Waals surface area contributed by atoms with Gasteiger partial charge in [0.1, 0.15) is 0 Å². The van der Waals surface area contributed by atoms with Gasteiger partial charge in [-0.1, -0.05) is 31.0 Å². The lowest BCUT2D eigenvalue weighted by atomic mass is 10.0. The molecule has 1 aromatic carbocycles. The summed E-state index contributed by atoms with van der Waals surface area (Å²) < 4.78 is 0. The van der Waals surface area contributed by atoms with Gasteiger partial charge in [-0.2, -0.15) is 0 Å². The Bertz CT molecular complexity index is 471. The SMILES string of the molecule is Cc1cccc(C(=O)NC(C)CCCC(C)C(=O)O)c1. The van der Waals surface area contributed by atoms with E-state index in [1.54, 1.807) is 13.0 Å². The maximum atomic E-state index is 12.0. The molecule has 0 saturated carbocycles. The molecule has 1 rings (SSSR count). The largest absolute Gasteiger partial charge is 0.481 e. The number of aryl methyl sites for hydroxylation is 1. The molecule has 4 nitrogen and oxygen atoms in total. The molecule has 0 heterocycles. The van der Waals surface area contributed by atoms with Crippen molar-refractivity contribution in [3.8, 4) is 0 Å². The summed E-state index contributed by atoms with van der Waals surface area (Å²) in [4.78, 5) is 22.7. The summed E-state index contributed by atoms with van der Waals surface area (Å²) in [7, 11) is 0. The molecule has 0 radical (unpaired) electrons. The molecule has 1 amide bonds. The highest BCUT2D eigenvalue weighted by molar-refractivity contribution is 5.94. The maximum absolute atomic E-state index is 12.0. The molecule has 0 bridgehead atoms. The Hall–Kier alpha value is -1.84. The lowest BCUT2D eigenvalue weighted by Crippen LogP contribution is -2.32. The summed E-state index contributed by atoms with van der Waals surface area (Å²) in [6.45, 7) is 5.60. The van der Waals surface area contributed by atoms with Crippen molar-refractivity contribution < 1.29 is 14.7 Å². The van der Waals surface area contributed by atoms with Crippen molar-refractivity contribution in [3.05, 3.63) is 35.4 Å². The van der Waals surface area contributed by atoms with Gasteiger partial charge >= 0.3 is 5.97 Å². The third kappa shape index (κ3) is 5.43. The molecule has 0 fully saturated rings. The Morgan fingerprint density at radius 3 is 2.55 bits per heavy atom. The number of hydrogen-bond acceptors (Lipinski definition) is 2. The Morgan fingerprint density at radius 2 is 1.95 bits per heavy atom. The molecular weight excluding hydrogens is 254 g/mol. The lowest BCUT2D eigenvalue weighted by molar-refractivity contribution is -0.141. The second-order valence-electron chi connectivity index (χ2n) is 5.41. The van der Waals surface area contributed by atoms with Crippen LogP contribution in [-0.2, 0) is 4.79 Å². The Balaban J connectivity index is 2.37. The normalized spacial score (nSPS) is 13.6. The number of carbonyl (C=O) groups is 2. The topological polar surface area (TPSA) is 66.4 Å². The Kier molecular flexibility index (Phi) is 6.22. The maximum Gasteiger partial charge on any atom is 0.306 e. The third-order valence-electron chi connectivity index (χ3n) is 3.35. The molecule has 1 aromatic rings. The highest BCUT2D eigenvalue weighted by Crippen LogP contribution is 2.10. The van der Waals surface area contributed by atoms with Crippen LogP contribution in [0, 0.1) is 12.8 Å². The van der Waals surface area contributed by atoms with E-state index in [2.05, 4.69) is 5.32 Å². The number of hydrogen-bond donors (Lipinski definition) is 2. The zero-order chi connectivity index (χ0) is 15.1. The fraction of sp³-hybridized carbons (Fsp3) is 0.500. The van der Waals surface area contributed by atoms with Crippen molar-refractivity contribution in [2.45, 2.75) is 46.1 Å². The molecule has 2 N–H and O–H groups in total. The number of rotatable bonds is 7. The summed E-state index contributed by atoms with van der Waals surface area (Å²) in [6, 6.07) is 7.51. The number of nitrogens with one attached hydrogen (secondary N) is 1. The summed E-state index contributed by atoms with van der Waals surface area (Å²) in [5.41, 5.74) is 1.72. The van der Waals surface area contributed by atoms with Gasteiger partial charge in [-0.3, -0.25) is 9.59 Å². The van der Waals surface area contributed by atoms with Gasteiger partial charge in [0.15, 0.2) is 0 Å². The van der Waals surface area contributed by atoms with Crippen molar-refractivity contribution in [3.63, 3.8) is 0 Å². The number of carboxylic acids is 1. The van der Waals surface area contributed by atoms with Crippen molar-refractivity contribution >= 4 is 11.9 Å². The van der Waals surface area contributed by atoms with Crippen molar-refractivity contribution in [2.24, 2.45) is 5.92 Å². The molecule has 0 aromatic heterocycles. The van der Waals surface area contributed by atoms with Crippen LogP contribution in [0.3, 0.4) is 0 Å².